The van der Waals surface area contributed by atoms with Gasteiger partial charge in [-0.1, -0.05) is 6.07 Å². The van der Waals surface area contributed by atoms with Gasteiger partial charge in [0.2, 0.25) is 10.0 Å². The number of benzene rings is 1. The molecule has 1 saturated heterocycles. The lowest BCUT2D eigenvalue weighted by Gasteiger charge is -2.58. The molecule has 5 fully saturated rings. The van der Waals surface area contributed by atoms with Crippen LogP contribution in [-0.4, -0.2) is 61.7 Å². The molecular weight excluding hydrogens is 509 g/mol. The fourth-order valence-electron chi connectivity index (χ4n) is 7.60. The maximum atomic E-state index is 14.4. The summed E-state index contributed by atoms with van der Waals surface area (Å²) in [6, 6.07) is 9.54. The highest BCUT2D eigenvalue weighted by Gasteiger charge is 2.55. The van der Waals surface area contributed by atoms with Gasteiger partial charge >= 0.3 is 0 Å². The Balaban J connectivity index is 1.12. The van der Waals surface area contributed by atoms with Gasteiger partial charge in [-0.15, -0.1) is 0 Å². The van der Waals surface area contributed by atoms with Gasteiger partial charge in [-0.3, -0.25) is 4.79 Å². The minimum Gasteiger partial charge on any atom is -0.390 e. The molecule has 11 heteroatoms. The van der Waals surface area contributed by atoms with Crippen LogP contribution in [-0.2, 0) is 10.0 Å². The summed E-state index contributed by atoms with van der Waals surface area (Å²) in [6.45, 7) is 3.79. The van der Waals surface area contributed by atoms with E-state index >= 15 is 0 Å². The van der Waals surface area contributed by atoms with Crippen LogP contribution in [0.15, 0.2) is 41.3 Å². The first kappa shape index (κ1) is 25.5. The molecule has 2 heterocycles. The van der Waals surface area contributed by atoms with Crippen LogP contribution in [0.1, 0.15) is 49.5 Å². The number of piperazine rings is 1. The van der Waals surface area contributed by atoms with E-state index < -0.39 is 26.3 Å². The first-order valence-electron chi connectivity index (χ1n) is 13.3. The second kappa shape index (κ2) is 9.17. The Morgan fingerprint density at radius 2 is 1.89 bits per heavy atom. The molecule has 0 radical (unpaired) electrons. The fraction of sp³-hybridized carbons (Fsp3) is 0.556. The van der Waals surface area contributed by atoms with Crippen LogP contribution >= 0.6 is 0 Å². The highest BCUT2D eigenvalue weighted by molar-refractivity contribution is 7.89. The smallest absolute Gasteiger partial charge is 0.270 e. The van der Waals surface area contributed by atoms with Gasteiger partial charge in [0, 0.05) is 37.4 Å². The number of hydrogen-bond donors (Lipinski definition) is 3. The summed E-state index contributed by atoms with van der Waals surface area (Å²) in [7, 11) is -4.12. The summed E-state index contributed by atoms with van der Waals surface area (Å²) < 4.78 is 37.4. The number of halogens is 1. The van der Waals surface area contributed by atoms with Crippen LogP contribution in [0.4, 0.5) is 15.9 Å². The van der Waals surface area contributed by atoms with Gasteiger partial charge in [0.25, 0.3) is 5.91 Å². The van der Waals surface area contributed by atoms with Crippen molar-refractivity contribution in [1.82, 2.24) is 10.3 Å². The van der Waals surface area contributed by atoms with Crippen molar-refractivity contribution in [3.05, 3.63) is 47.9 Å². The van der Waals surface area contributed by atoms with Crippen molar-refractivity contribution in [3.63, 3.8) is 0 Å². The standard InChI is InChI=1S/C27H34FN5O4S/c1-16-15-32(20-5-6-23(21(28)11-20)38(29,36)37)7-8-33(16)24-4-2-3-22(30-24)26(34)31-25-18-9-17-10-19(25)14-27(35,12-17)13-18/h2-6,11,16-19,25,35H,7-10,12-15H2,1H3,(H,31,34)(H2,29,36,37)/t16-,17?,18?,19?,25-,27-/m1/s1. The second-order valence-electron chi connectivity index (χ2n) is 11.7. The highest BCUT2D eigenvalue weighted by atomic mass is 32.2. The molecule has 0 spiro atoms. The zero-order chi connectivity index (χ0) is 26.8. The number of amides is 1. The van der Waals surface area contributed by atoms with E-state index in [2.05, 4.69) is 10.2 Å². The van der Waals surface area contributed by atoms with Crippen molar-refractivity contribution < 1.29 is 22.7 Å². The van der Waals surface area contributed by atoms with Gasteiger partial charge in [-0.2, -0.15) is 0 Å². The molecule has 5 aliphatic rings. The average molecular weight is 544 g/mol. The lowest BCUT2D eigenvalue weighted by molar-refractivity contribution is -0.136. The average Bonchev–Trinajstić information content (AvgIpc) is 2.84. The van der Waals surface area contributed by atoms with Gasteiger partial charge in [0.05, 0.1) is 5.60 Å². The number of nitrogens with two attached hydrogens (primary N) is 1. The Hall–Kier alpha value is -2.76. The molecular formula is C27H34FN5O4S. The molecule has 1 amide bonds. The number of aliphatic hydroxyl groups is 1. The van der Waals surface area contributed by atoms with Gasteiger partial charge in [0.15, 0.2) is 0 Å². The molecule has 204 valence electrons. The molecule has 7 rings (SSSR count). The zero-order valence-electron chi connectivity index (χ0n) is 21.4. The maximum absolute atomic E-state index is 14.4. The quantitative estimate of drug-likeness (QED) is 0.528. The highest BCUT2D eigenvalue weighted by Crippen LogP contribution is 2.55. The number of nitrogens with one attached hydrogen (secondary N) is 1. The van der Waals surface area contributed by atoms with Crippen LogP contribution in [0.5, 0.6) is 0 Å². The molecule has 2 aromatic rings. The van der Waals surface area contributed by atoms with Gasteiger partial charge in [-0.25, -0.2) is 22.9 Å². The number of hydrogen-bond acceptors (Lipinski definition) is 7. The van der Waals surface area contributed by atoms with Gasteiger partial charge in [-0.05, 0) is 87.1 Å². The molecule has 2 unspecified atom stereocenters. The topological polar surface area (TPSA) is 129 Å². The van der Waals surface area contributed by atoms with E-state index in [1.165, 1.54) is 12.1 Å². The van der Waals surface area contributed by atoms with Crippen LogP contribution in [0.2, 0.25) is 0 Å². The number of rotatable bonds is 5. The van der Waals surface area contributed by atoms with Gasteiger partial charge < -0.3 is 20.2 Å². The number of carbonyl (C=O) groups is 1. The summed E-state index contributed by atoms with van der Waals surface area (Å²) in [6.07, 6.45) is 4.61. The van der Waals surface area contributed by atoms with E-state index in [0.717, 1.165) is 32.1 Å². The second-order valence-corrected chi connectivity index (χ2v) is 13.3. The summed E-state index contributed by atoms with van der Waals surface area (Å²) >= 11 is 0. The summed E-state index contributed by atoms with van der Waals surface area (Å²) in [4.78, 5) is 21.6. The van der Waals surface area contributed by atoms with Crippen molar-refractivity contribution in [3.8, 4) is 0 Å². The molecule has 1 aromatic carbocycles. The normalized spacial score (nSPS) is 32.5. The summed E-state index contributed by atoms with van der Waals surface area (Å²) in [5.74, 6) is 0.905. The van der Waals surface area contributed by atoms with Crippen LogP contribution < -0.4 is 20.3 Å². The molecule has 4 bridgehead atoms. The maximum Gasteiger partial charge on any atom is 0.270 e. The van der Waals surface area contributed by atoms with Crippen LogP contribution in [0.3, 0.4) is 0 Å². The lowest BCUT2D eigenvalue weighted by atomic mass is 9.52. The fourth-order valence-corrected chi connectivity index (χ4v) is 8.19. The zero-order valence-corrected chi connectivity index (χ0v) is 22.2. The minimum atomic E-state index is -4.12. The first-order chi connectivity index (χ1) is 18.0. The molecule has 3 atom stereocenters. The molecule has 1 aromatic heterocycles. The SMILES string of the molecule is C[C@@H]1CN(c2ccc(S(N)(=O)=O)c(F)c2)CCN1c1cccc(C(=O)N[C@H]2C3CC4CC2C[C@](O)(C4)C3)n1. The molecule has 4 N–H and O–H groups in total. The van der Waals surface area contributed by atoms with E-state index in [4.69, 9.17) is 10.1 Å². The number of nitrogens with zero attached hydrogens (tertiary/aromatic N) is 3. The summed E-state index contributed by atoms with van der Waals surface area (Å²) in [5.41, 5.74) is 0.428. The molecule has 4 aliphatic carbocycles. The molecule has 38 heavy (non-hydrogen) atoms. The van der Waals surface area contributed by atoms with E-state index in [1.54, 1.807) is 12.1 Å². The van der Waals surface area contributed by atoms with Crippen molar-refractivity contribution in [2.24, 2.45) is 22.9 Å². The third kappa shape index (κ3) is 4.65. The van der Waals surface area contributed by atoms with Crippen LogP contribution in [0.25, 0.3) is 0 Å². The Kier molecular flexibility index (Phi) is 6.16. The van der Waals surface area contributed by atoms with E-state index in [-0.39, 0.29) is 18.0 Å². The Bertz CT molecular complexity index is 1350. The summed E-state index contributed by atoms with van der Waals surface area (Å²) in [5, 5.41) is 19.2. The monoisotopic (exact) mass is 543 g/mol. The predicted octanol–water partition coefficient (Wildman–Crippen LogP) is 2.25. The first-order valence-corrected chi connectivity index (χ1v) is 14.9. The van der Waals surface area contributed by atoms with Crippen molar-refractivity contribution in [2.45, 2.75) is 61.6 Å². The Labute approximate surface area is 222 Å². The van der Waals surface area contributed by atoms with E-state index in [1.807, 2.05) is 24.0 Å². The van der Waals surface area contributed by atoms with Crippen LogP contribution in [0, 0.1) is 23.6 Å². The number of pyridine rings is 1. The largest absolute Gasteiger partial charge is 0.390 e. The number of primary sulfonamides is 1. The van der Waals surface area contributed by atoms with Gasteiger partial charge in [0.1, 0.15) is 22.2 Å². The predicted molar refractivity (Wildman–Crippen MR) is 141 cm³/mol. The molecule has 4 saturated carbocycles. The number of aromatic nitrogens is 1. The molecule has 1 aliphatic heterocycles. The van der Waals surface area contributed by atoms with Crippen molar-refractivity contribution >= 4 is 27.4 Å². The number of sulfonamides is 1. The third-order valence-electron chi connectivity index (χ3n) is 9.01. The van der Waals surface area contributed by atoms with Crippen molar-refractivity contribution in [1.29, 1.82) is 0 Å². The Morgan fingerprint density at radius 3 is 2.53 bits per heavy atom. The number of anilines is 2. The molecule has 9 nitrogen and oxygen atoms in total. The third-order valence-corrected chi connectivity index (χ3v) is 9.96. The minimum absolute atomic E-state index is 0.0145. The van der Waals surface area contributed by atoms with E-state index in [0.29, 0.717) is 54.6 Å². The lowest BCUT2D eigenvalue weighted by Crippen LogP contribution is -2.61. The van der Waals surface area contributed by atoms with Crippen molar-refractivity contribution in [2.75, 3.05) is 29.4 Å². The van der Waals surface area contributed by atoms with E-state index in [9.17, 15) is 22.7 Å². The Morgan fingerprint density at radius 1 is 1.16 bits per heavy atom. The number of carbonyl (C=O) groups excluding carboxylic acids is 1.